The third-order valence-corrected chi connectivity index (χ3v) is 7.36. The molecule has 0 saturated carbocycles. The van der Waals surface area contributed by atoms with E-state index in [2.05, 4.69) is 69.2 Å². The maximum atomic E-state index is 6.45. The zero-order valence-electron chi connectivity index (χ0n) is 28.3. The monoisotopic (exact) mass is 557 g/mol. The minimum absolute atomic E-state index is 0.140. The summed E-state index contributed by atoms with van der Waals surface area (Å²) in [6.45, 7) is 21.6. The van der Waals surface area contributed by atoms with Crippen molar-refractivity contribution in [3.63, 3.8) is 0 Å². The van der Waals surface area contributed by atoms with Crippen molar-refractivity contribution in [2.75, 3.05) is 0 Å². The van der Waals surface area contributed by atoms with Crippen LogP contribution in [0.2, 0.25) is 0 Å². The van der Waals surface area contributed by atoms with Gasteiger partial charge in [-0.15, -0.1) is 0 Å². The standard InChI is InChI=1S/C35H72O4/c1-11-13-15-17-19-21-23-25-32(34(36-28(3)4)37-29(5)6)27-33(26-24-22-20-18-16-14-12-2)35(38-30(7)8)39-31(9)10/h28-35H,11-27H2,1-10H3. The first kappa shape index (κ1) is 38.8. The average Bonchev–Trinajstić information content (AvgIpc) is 2.83. The molecule has 0 spiro atoms. The number of rotatable bonds is 28. The van der Waals surface area contributed by atoms with Crippen LogP contribution < -0.4 is 0 Å². The van der Waals surface area contributed by atoms with Gasteiger partial charge in [-0.05, 0) is 74.7 Å². The van der Waals surface area contributed by atoms with Gasteiger partial charge in [-0.2, -0.15) is 0 Å². The van der Waals surface area contributed by atoms with Crippen LogP contribution in [0.25, 0.3) is 0 Å². The quantitative estimate of drug-likeness (QED) is 0.0709. The molecule has 0 saturated heterocycles. The van der Waals surface area contributed by atoms with Crippen molar-refractivity contribution < 1.29 is 18.9 Å². The van der Waals surface area contributed by atoms with Crippen molar-refractivity contribution in [3.8, 4) is 0 Å². The molecule has 0 radical (unpaired) electrons. The van der Waals surface area contributed by atoms with Crippen LogP contribution in [-0.4, -0.2) is 37.0 Å². The van der Waals surface area contributed by atoms with Gasteiger partial charge in [-0.1, -0.05) is 104 Å². The summed E-state index contributed by atoms with van der Waals surface area (Å²) in [6.07, 6.45) is 22.1. The van der Waals surface area contributed by atoms with Crippen LogP contribution >= 0.6 is 0 Å². The molecule has 0 aromatic heterocycles. The minimum atomic E-state index is -0.180. The SMILES string of the molecule is CCCCCCCCCC(CC(CCCCCCCCC)C(OC(C)C)OC(C)C)C(OC(C)C)OC(C)C. The molecule has 236 valence electrons. The first-order valence-corrected chi connectivity index (χ1v) is 17.2. The molecule has 2 atom stereocenters. The summed E-state index contributed by atoms with van der Waals surface area (Å²) < 4.78 is 25.8. The van der Waals surface area contributed by atoms with E-state index >= 15 is 0 Å². The van der Waals surface area contributed by atoms with E-state index < -0.39 is 0 Å². The summed E-state index contributed by atoms with van der Waals surface area (Å²) in [5, 5.41) is 0. The van der Waals surface area contributed by atoms with Crippen LogP contribution in [0.1, 0.15) is 178 Å². The Morgan fingerprint density at radius 3 is 0.872 bits per heavy atom. The van der Waals surface area contributed by atoms with Gasteiger partial charge in [-0.25, -0.2) is 0 Å². The summed E-state index contributed by atoms with van der Waals surface area (Å²) in [4.78, 5) is 0. The second kappa shape index (κ2) is 25.5. The van der Waals surface area contributed by atoms with Crippen LogP contribution in [0, 0.1) is 11.8 Å². The molecule has 0 N–H and O–H groups in total. The average molecular weight is 557 g/mol. The minimum Gasteiger partial charge on any atom is -0.350 e. The molecule has 0 fully saturated rings. The van der Waals surface area contributed by atoms with E-state index in [0.717, 1.165) is 19.3 Å². The highest BCUT2D eigenvalue weighted by atomic mass is 16.7. The Bertz CT molecular complexity index is 441. The highest BCUT2D eigenvalue weighted by Gasteiger charge is 2.33. The fourth-order valence-electron chi connectivity index (χ4n) is 5.43. The van der Waals surface area contributed by atoms with Gasteiger partial charge in [0.1, 0.15) is 0 Å². The summed E-state index contributed by atoms with van der Waals surface area (Å²) in [7, 11) is 0. The summed E-state index contributed by atoms with van der Waals surface area (Å²) in [6, 6.07) is 0. The third-order valence-electron chi connectivity index (χ3n) is 7.36. The lowest BCUT2D eigenvalue weighted by Crippen LogP contribution is -2.38. The summed E-state index contributed by atoms with van der Waals surface area (Å²) in [5.74, 6) is 0.683. The van der Waals surface area contributed by atoms with Crippen LogP contribution in [0.5, 0.6) is 0 Å². The largest absolute Gasteiger partial charge is 0.350 e. The summed E-state index contributed by atoms with van der Waals surface area (Å²) >= 11 is 0. The van der Waals surface area contributed by atoms with Crippen LogP contribution in [-0.2, 0) is 18.9 Å². The predicted octanol–water partition coefficient (Wildman–Crippen LogP) is 11.2. The molecule has 0 aliphatic rings. The van der Waals surface area contributed by atoms with Gasteiger partial charge >= 0.3 is 0 Å². The Morgan fingerprint density at radius 1 is 0.359 bits per heavy atom. The normalized spacial score (nSPS) is 14.2. The lowest BCUT2D eigenvalue weighted by molar-refractivity contribution is -0.232. The fourth-order valence-corrected chi connectivity index (χ4v) is 5.43. The second-order valence-electron chi connectivity index (χ2n) is 13.1. The van der Waals surface area contributed by atoms with Crippen molar-refractivity contribution in [2.24, 2.45) is 11.8 Å². The van der Waals surface area contributed by atoms with Gasteiger partial charge in [0, 0.05) is 11.8 Å². The van der Waals surface area contributed by atoms with Gasteiger partial charge in [-0.3, -0.25) is 0 Å². The van der Waals surface area contributed by atoms with Crippen LogP contribution in [0.3, 0.4) is 0 Å². The predicted molar refractivity (Wildman–Crippen MR) is 169 cm³/mol. The molecule has 2 unspecified atom stereocenters. The number of unbranched alkanes of at least 4 members (excludes halogenated alkanes) is 12. The molecule has 39 heavy (non-hydrogen) atoms. The zero-order chi connectivity index (χ0) is 29.5. The highest BCUT2D eigenvalue weighted by Crippen LogP contribution is 2.33. The molecule has 4 nitrogen and oxygen atoms in total. The van der Waals surface area contributed by atoms with E-state index in [0.29, 0.717) is 11.8 Å². The Hall–Kier alpha value is -0.160. The Kier molecular flexibility index (Phi) is 25.4. The van der Waals surface area contributed by atoms with E-state index in [-0.39, 0.29) is 37.0 Å². The van der Waals surface area contributed by atoms with E-state index in [1.807, 2.05) is 0 Å². The second-order valence-corrected chi connectivity index (χ2v) is 13.1. The zero-order valence-corrected chi connectivity index (χ0v) is 28.3. The van der Waals surface area contributed by atoms with Gasteiger partial charge in [0.15, 0.2) is 12.6 Å². The van der Waals surface area contributed by atoms with Crippen molar-refractivity contribution in [3.05, 3.63) is 0 Å². The molecule has 0 rings (SSSR count). The van der Waals surface area contributed by atoms with E-state index in [1.165, 1.54) is 89.9 Å². The summed E-state index contributed by atoms with van der Waals surface area (Å²) in [5.41, 5.74) is 0. The topological polar surface area (TPSA) is 36.9 Å². The molecule has 0 amide bonds. The van der Waals surface area contributed by atoms with Crippen LogP contribution in [0.15, 0.2) is 0 Å². The van der Waals surface area contributed by atoms with Gasteiger partial charge in [0.25, 0.3) is 0 Å². The lowest BCUT2D eigenvalue weighted by Gasteiger charge is -2.36. The third kappa shape index (κ3) is 23.1. The number of ether oxygens (including phenoxy) is 4. The van der Waals surface area contributed by atoms with E-state index in [4.69, 9.17) is 18.9 Å². The first-order chi connectivity index (χ1) is 18.6. The molecule has 0 aliphatic heterocycles. The molecular weight excluding hydrogens is 484 g/mol. The maximum absolute atomic E-state index is 6.45. The lowest BCUT2D eigenvalue weighted by atomic mass is 9.85. The molecule has 0 aliphatic carbocycles. The fraction of sp³-hybridized carbons (Fsp3) is 1.00. The van der Waals surface area contributed by atoms with Crippen molar-refractivity contribution in [1.29, 1.82) is 0 Å². The molecule has 0 bridgehead atoms. The smallest absolute Gasteiger partial charge is 0.161 e. The molecule has 0 heterocycles. The van der Waals surface area contributed by atoms with Gasteiger partial charge in [0.2, 0.25) is 0 Å². The maximum Gasteiger partial charge on any atom is 0.161 e. The Balaban J connectivity index is 5.61. The van der Waals surface area contributed by atoms with Crippen molar-refractivity contribution in [2.45, 2.75) is 215 Å². The van der Waals surface area contributed by atoms with E-state index in [1.54, 1.807) is 0 Å². The first-order valence-electron chi connectivity index (χ1n) is 17.2. The van der Waals surface area contributed by atoms with Crippen molar-refractivity contribution >= 4 is 0 Å². The van der Waals surface area contributed by atoms with E-state index in [9.17, 15) is 0 Å². The highest BCUT2D eigenvalue weighted by molar-refractivity contribution is 4.75. The Morgan fingerprint density at radius 2 is 0.615 bits per heavy atom. The number of hydrogen-bond donors (Lipinski definition) is 0. The van der Waals surface area contributed by atoms with Gasteiger partial charge in [0.05, 0.1) is 24.4 Å². The molecular formula is C35H72O4. The van der Waals surface area contributed by atoms with Crippen LogP contribution in [0.4, 0.5) is 0 Å². The van der Waals surface area contributed by atoms with Crippen molar-refractivity contribution in [1.82, 2.24) is 0 Å². The molecule has 0 aromatic rings. The molecule has 0 aromatic carbocycles. The van der Waals surface area contributed by atoms with Gasteiger partial charge < -0.3 is 18.9 Å². The molecule has 4 heteroatoms. The number of hydrogen-bond acceptors (Lipinski definition) is 4. The Labute approximate surface area is 246 Å².